The minimum absolute atomic E-state index is 0.739. The molecule has 0 amide bonds. The lowest BCUT2D eigenvalue weighted by atomic mass is 10.2. The van der Waals surface area contributed by atoms with Gasteiger partial charge in [0, 0.05) is 44.8 Å². The molecule has 4 nitrogen and oxygen atoms in total. The smallest absolute Gasteiger partial charge is 0.0501 e. The van der Waals surface area contributed by atoms with Gasteiger partial charge in [0.15, 0.2) is 0 Å². The first-order valence-corrected chi connectivity index (χ1v) is 5.85. The van der Waals surface area contributed by atoms with E-state index < -0.39 is 0 Å². The molecule has 1 aromatic rings. The van der Waals surface area contributed by atoms with Crippen molar-refractivity contribution in [1.29, 1.82) is 0 Å². The van der Waals surface area contributed by atoms with Crippen LogP contribution < -0.4 is 5.73 Å². The molecule has 0 radical (unpaired) electrons. The van der Waals surface area contributed by atoms with Crippen molar-refractivity contribution in [3.05, 3.63) is 24.0 Å². The normalized spacial score (nSPS) is 18.8. The molecule has 0 saturated carbocycles. The first-order chi connectivity index (χ1) is 7.74. The number of rotatable bonds is 3. The predicted molar refractivity (Wildman–Crippen MR) is 66.3 cm³/mol. The van der Waals surface area contributed by atoms with E-state index in [2.05, 4.69) is 21.8 Å². The fourth-order valence-electron chi connectivity index (χ4n) is 1.93. The zero-order valence-electron chi connectivity index (χ0n) is 9.89. The summed E-state index contributed by atoms with van der Waals surface area (Å²) in [6, 6.07) is 3.94. The van der Waals surface area contributed by atoms with Crippen LogP contribution in [0.15, 0.2) is 18.3 Å². The largest absolute Gasteiger partial charge is 0.397 e. The molecule has 1 aliphatic rings. The summed E-state index contributed by atoms with van der Waals surface area (Å²) >= 11 is 0. The molecule has 16 heavy (non-hydrogen) atoms. The molecule has 1 saturated heterocycles. The number of anilines is 1. The molecule has 0 unspecified atom stereocenters. The van der Waals surface area contributed by atoms with Crippen molar-refractivity contribution >= 4 is 5.69 Å². The van der Waals surface area contributed by atoms with Gasteiger partial charge < -0.3 is 15.5 Å². The Kier molecular flexibility index (Phi) is 3.74. The van der Waals surface area contributed by atoms with E-state index >= 15 is 0 Å². The van der Waals surface area contributed by atoms with Crippen LogP contribution in [0.5, 0.6) is 0 Å². The summed E-state index contributed by atoms with van der Waals surface area (Å²) in [6.07, 6.45) is 2.75. The van der Waals surface area contributed by atoms with Gasteiger partial charge in [-0.05, 0) is 19.2 Å². The van der Waals surface area contributed by atoms with E-state index in [0.29, 0.717) is 0 Å². The average molecular weight is 220 g/mol. The van der Waals surface area contributed by atoms with Crippen LogP contribution in [0.2, 0.25) is 0 Å². The Balaban J connectivity index is 1.77. The highest BCUT2D eigenvalue weighted by molar-refractivity contribution is 5.34. The number of hydrogen-bond donors (Lipinski definition) is 1. The molecule has 2 N–H and O–H groups in total. The third kappa shape index (κ3) is 3.18. The highest BCUT2D eigenvalue weighted by Crippen LogP contribution is 2.04. The molecule has 0 bridgehead atoms. The molecule has 2 heterocycles. The number of nitrogens with zero attached hydrogens (tertiary/aromatic N) is 3. The highest BCUT2D eigenvalue weighted by atomic mass is 15.2. The van der Waals surface area contributed by atoms with Gasteiger partial charge in [0.2, 0.25) is 0 Å². The number of hydrogen-bond acceptors (Lipinski definition) is 4. The molecular weight excluding hydrogens is 200 g/mol. The second-order valence-corrected chi connectivity index (χ2v) is 4.48. The van der Waals surface area contributed by atoms with Gasteiger partial charge in [-0.2, -0.15) is 0 Å². The second kappa shape index (κ2) is 5.27. The van der Waals surface area contributed by atoms with Crippen LogP contribution in [0, 0.1) is 0 Å². The lowest BCUT2D eigenvalue weighted by molar-refractivity contribution is 0.155. The topological polar surface area (TPSA) is 45.4 Å². The van der Waals surface area contributed by atoms with Crippen molar-refractivity contribution in [2.24, 2.45) is 0 Å². The Bertz CT molecular complexity index is 314. The van der Waals surface area contributed by atoms with E-state index in [4.69, 9.17) is 5.73 Å². The molecule has 1 aliphatic heterocycles. The molecule has 88 valence electrons. The lowest BCUT2D eigenvalue weighted by Gasteiger charge is -2.32. The summed E-state index contributed by atoms with van der Waals surface area (Å²) in [5.41, 5.74) is 7.47. The quantitative estimate of drug-likeness (QED) is 0.803. The van der Waals surface area contributed by atoms with Crippen LogP contribution in [-0.2, 0) is 6.42 Å². The molecule has 1 aromatic heterocycles. The van der Waals surface area contributed by atoms with E-state index in [1.807, 2.05) is 12.1 Å². The van der Waals surface area contributed by atoms with E-state index in [9.17, 15) is 0 Å². The number of piperazine rings is 1. The van der Waals surface area contributed by atoms with Gasteiger partial charge in [0.05, 0.1) is 11.9 Å². The number of likely N-dealkylation sites (N-methyl/N-ethyl adjacent to an activating group) is 1. The van der Waals surface area contributed by atoms with E-state index in [1.54, 1.807) is 6.20 Å². The Morgan fingerprint density at radius 2 is 2.00 bits per heavy atom. The predicted octanol–water partition coefficient (Wildman–Crippen LogP) is 0.454. The van der Waals surface area contributed by atoms with Crippen LogP contribution in [0.3, 0.4) is 0 Å². The maximum absolute atomic E-state index is 5.60. The van der Waals surface area contributed by atoms with Gasteiger partial charge in [-0.15, -0.1) is 0 Å². The van der Waals surface area contributed by atoms with Gasteiger partial charge in [-0.25, -0.2) is 0 Å². The van der Waals surface area contributed by atoms with Gasteiger partial charge in [-0.1, -0.05) is 0 Å². The fourth-order valence-corrected chi connectivity index (χ4v) is 1.93. The molecule has 0 atom stereocenters. The first-order valence-electron chi connectivity index (χ1n) is 5.85. The molecule has 0 spiro atoms. The van der Waals surface area contributed by atoms with Gasteiger partial charge in [-0.3, -0.25) is 4.98 Å². The summed E-state index contributed by atoms with van der Waals surface area (Å²) < 4.78 is 0. The van der Waals surface area contributed by atoms with Crippen molar-refractivity contribution in [1.82, 2.24) is 14.8 Å². The molecule has 2 rings (SSSR count). The Hall–Kier alpha value is -1.13. The summed E-state index contributed by atoms with van der Waals surface area (Å²) in [7, 11) is 2.18. The monoisotopic (exact) mass is 220 g/mol. The fraction of sp³-hybridized carbons (Fsp3) is 0.583. The minimum Gasteiger partial charge on any atom is -0.397 e. The Morgan fingerprint density at radius 3 is 2.62 bits per heavy atom. The summed E-state index contributed by atoms with van der Waals surface area (Å²) in [5.74, 6) is 0. The molecule has 4 heteroatoms. The minimum atomic E-state index is 0.739. The highest BCUT2D eigenvalue weighted by Gasteiger charge is 2.13. The van der Waals surface area contributed by atoms with Gasteiger partial charge in [0.25, 0.3) is 0 Å². The summed E-state index contributed by atoms with van der Waals surface area (Å²) in [5, 5.41) is 0. The van der Waals surface area contributed by atoms with Gasteiger partial charge in [0.1, 0.15) is 0 Å². The standard InChI is InChI=1S/C12H20N4/c1-15-6-8-16(9-7-15)5-4-12-3-2-11(13)10-14-12/h2-3,10H,4-9,13H2,1H3. The first kappa shape index (κ1) is 11.4. The van der Waals surface area contributed by atoms with E-state index in [0.717, 1.165) is 24.3 Å². The van der Waals surface area contributed by atoms with E-state index in [1.165, 1.54) is 26.2 Å². The summed E-state index contributed by atoms with van der Waals surface area (Å²) in [4.78, 5) is 9.19. The SMILES string of the molecule is CN1CCN(CCc2ccc(N)cn2)CC1. The third-order valence-corrected chi connectivity index (χ3v) is 3.13. The molecule has 0 aromatic carbocycles. The van der Waals surface area contributed by atoms with Crippen LogP contribution in [0.25, 0.3) is 0 Å². The number of nitrogens with two attached hydrogens (primary N) is 1. The Labute approximate surface area is 97.1 Å². The molecule has 1 fully saturated rings. The second-order valence-electron chi connectivity index (χ2n) is 4.48. The number of nitrogen functional groups attached to an aromatic ring is 1. The average Bonchev–Trinajstić information content (AvgIpc) is 2.30. The zero-order valence-corrected chi connectivity index (χ0v) is 9.89. The number of pyridine rings is 1. The van der Waals surface area contributed by atoms with Crippen LogP contribution in [-0.4, -0.2) is 54.6 Å². The van der Waals surface area contributed by atoms with Gasteiger partial charge >= 0.3 is 0 Å². The van der Waals surface area contributed by atoms with E-state index in [-0.39, 0.29) is 0 Å². The van der Waals surface area contributed by atoms with Crippen molar-refractivity contribution in [2.45, 2.75) is 6.42 Å². The van der Waals surface area contributed by atoms with Crippen LogP contribution >= 0.6 is 0 Å². The Morgan fingerprint density at radius 1 is 1.25 bits per heavy atom. The summed E-state index contributed by atoms with van der Waals surface area (Å²) in [6.45, 7) is 5.80. The zero-order chi connectivity index (χ0) is 11.4. The molecule has 0 aliphatic carbocycles. The molecular formula is C12H20N4. The maximum Gasteiger partial charge on any atom is 0.0501 e. The third-order valence-electron chi connectivity index (χ3n) is 3.13. The van der Waals surface area contributed by atoms with Crippen molar-refractivity contribution in [3.63, 3.8) is 0 Å². The maximum atomic E-state index is 5.60. The van der Waals surface area contributed by atoms with Crippen molar-refractivity contribution in [3.8, 4) is 0 Å². The van der Waals surface area contributed by atoms with Crippen molar-refractivity contribution in [2.75, 3.05) is 45.5 Å². The van der Waals surface area contributed by atoms with Crippen molar-refractivity contribution < 1.29 is 0 Å². The van der Waals surface area contributed by atoms with Crippen LogP contribution in [0.1, 0.15) is 5.69 Å². The lowest BCUT2D eigenvalue weighted by Crippen LogP contribution is -2.45. The number of aromatic nitrogens is 1. The van der Waals surface area contributed by atoms with Crippen LogP contribution in [0.4, 0.5) is 5.69 Å².